The maximum Gasteiger partial charge on any atom is 0.321 e. The first-order valence-corrected chi connectivity index (χ1v) is 9.32. The second-order valence-electron chi connectivity index (χ2n) is 5.97. The molecule has 2 heterocycles. The molecule has 134 valence electrons. The molecule has 8 nitrogen and oxygen atoms in total. The van der Waals surface area contributed by atoms with Crippen molar-refractivity contribution in [1.29, 1.82) is 0 Å². The first kappa shape index (κ1) is 17.5. The first-order chi connectivity index (χ1) is 12.2. The van der Waals surface area contributed by atoms with Crippen LogP contribution in [0.4, 0.5) is 4.79 Å². The van der Waals surface area contributed by atoms with Crippen molar-refractivity contribution >= 4 is 23.7 Å². The minimum absolute atomic E-state index is 0.0922. The fraction of sp³-hybridized carbons (Fsp3) is 0.500. The first-order valence-electron chi connectivity index (χ1n) is 8.34. The van der Waals surface area contributed by atoms with E-state index in [1.165, 1.54) is 18.2 Å². The molecule has 0 saturated heterocycles. The Balaban J connectivity index is 1.43. The van der Waals surface area contributed by atoms with Crippen LogP contribution in [0.3, 0.4) is 0 Å². The molecule has 2 aromatic heterocycles. The van der Waals surface area contributed by atoms with E-state index in [1.54, 1.807) is 17.2 Å². The summed E-state index contributed by atoms with van der Waals surface area (Å²) in [7, 11) is 0. The van der Waals surface area contributed by atoms with E-state index in [0.29, 0.717) is 11.7 Å². The van der Waals surface area contributed by atoms with E-state index in [2.05, 4.69) is 20.8 Å². The molecule has 2 aromatic rings. The van der Waals surface area contributed by atoms with E-state index in [4.69, 9.17) is 4.42 Å². The Labute approximate surface area is 149 Å². The number of rotatable bonds is 6. The lowest BCUT2D eigenvalue weighted by atomic mass is 9.96. The molecule has 25 heavy (non-hydrogen) atoms. The van der Waals surface area contributed by atoms with Gasteiger partial charge in [0.05, 0.1) is 18.6 Å². The maximum absolute atomic E-state index is 11.9. The van der Waals surface area contributed by atoms with E-state index in [9.17, 15) is 9.59 Å². The van der Waals surface area contributed by atoms with Crippen molar-refractivity contribution in [3.8, 4) is 0 Å². The van der Waals surface area contributed by atoms with Crippen LogP contribution in [-0.4, -0.2) is 38.5 Å². The lowest BCUT2D eigenvalue weighted by Gasteiger charge is -2.22. The highest BCUT2D eigenvalue weighted by Crippen LogP contribution is 2.18. The zero-order valence-corrected chi connectivity index (χ0v) is 14.6. The predicted molar refractivity (Wildman–Crippen MR) is 92.1 cm³/mol. The number of nitrogens with zero attached hydrogens (tertiary/aromatic N) is 3. The molecule has 2 N–H and O–H groups in total. The number of imide groups is 1. The van der Waals surface area contributed by atoms with Crippen LogP contribution < -0.4 is 10.6 Å². The van der Waals surface area contributed by atoms with Crippen molar-refractivity contribution < 1.29 is 14.0 Å². The van der Waals surface area contributed by atoms with Gasteiger partial charge in [-0.05, 0) is 25.0 Å². The van der Waals surface area contributed by atoms with Gasteiger partial charge in [-0.1, -0.05) is 31.0 Å². The molecule has 0 aliphatic heterocycles. The Morgan fingerprint density at radius 2 is 2.16 bits per heavy atom. The number of carbonyl (C=O) groups excluding carboxylic acids is 2. The number of hydrogen-bond donors (Lipinski definition) is 2. The number of aromatic nitrogens is 3. The molecule has 0 aromatic carbocycles. The smallest absolute Gasteiger partial charge is 0.321 e. The summed E-state index contributed by atoms with van der Waals surface area (Å²) in [5.41, 5.74) is 0. The molecule has 9 heteroatoms. The summed E-state index contributed by atoms with van der Waals surface area (Å²) in [5.74, 6) is 0.512. The fourth-order valence-electron chi connectivity index (χ4n) is 2.80. The monoisotopic (exact) mass is 363 g/mol. The quantitative estimate of drug-likeness (QED) is 0.763. The van der Waals surface area contributed by atoms with Gasteiger partial charge in [-0.3, -0.25) is 10.1 Å². The summed E-state index contributed by atoms with van der Waals surface area (Å²) < 4.78 is 7.08. The van der Waals surface area contributed by atoms with E-state index >= 15 is 0 Å². The van der Waals surface area contributed by atoms with Crippen LogP contribution in [0.25, 0.3) is 0 Å². The number of thioether (sulfide) groups is 1. The van der Waals surface area contributed by atoms with Crippen LogP contribution in [0.15, 0.2) is 34.3 Å². The standard InChI is InChI=1S/C16H21N5O3S/c22-14(19-15(23)18-12-5-2-1-3-6-12)10-25-16-20-17-11-21(16)9-13-7-4-8-24-13/h4,7-8,11-12H,1-3,5-6,9-10H2,(H2,18,19,22,23). The van der Waals surface area contributed by atoms with Crippen molar-refractivity contribution in [2.75, 3.05) is 5.75 Å². The molecule has 3 rings (SSSR count). The lowest BCUT2D eigenvalue weighted by molar-refractivity contribution is -0.117. The third-order valence-corrected chi connectivity index (χ3v) is 4.99. The van der Waals surface area contributed by atoms with Gasteiger partial charge in [0.25, 0.3) is 0 Å². The van der Waals surface area contributed by atoms with Gasteiger partial charge < -0.3 is 14.3 Å². The molecule has 1 saturated carbocycles. The molecular weight excluding hydrogens is 342 g/mol. The Morgan fingerprint density at radius 1 is 1.32 bits per heavy atom. The number of urea groups is 1. The average Bonchev–Trinajstić information content (AvgIpc) is 3.26. The normalized spacial score (nSPS) is 15.0. The van der Waals surface area contributed by atoms with Gasteiger partial charge in [0.15, 0.2) is 5.16 Å². The van der Waals surface area contributed by atoms with Crippen LogP contribution in [0.1, 0.15) is 37.9 Å². The van der Waals surface area contributed by atoms with Gasteiger partial charge in [-0.2, -0.15) is 0 Å². The van der Waals surface area contributed by atoms with Crippen LogP contribution in [0.5, 0.6) is 0 Å². The number of amides is 3. The van der Waals surface area contributed by atoms with Crippen molar-refractivity contribution in [2.24, 2.45) is 0 Å². The van der Waals surface area contributed by atoms with Crippen LogP contribution in [0.2, 0.25) is 0 Å². The van der Waals surface area contributed by atoms with Crippen molar-refractivity contribution in [3.05, 3.63) is 30.5 Å². The van der Waals surface area contributed by atoms with E-state index in [1.807, 2.05) is 12.1 Å². The molecule has 3 amide bonds. The van der Waals surface area contributed by atoms with Gasteiger partial charge in [0.2, 0.25) is 5.91 Å². The molecule has 0 bridgehead atoms. The third kappa shape index (κ3) is 5.35. The summed E-state index contributed by atoms with van der Waals surface area (Å²) in [5, 5.41) is 13.7. The summed E-state index contributed by atoms with van der Waals surface area (Å²) in [6.45, 7) is 0.492. The second-order valence-corrected chi connectivity index (χ2v) is 6.91. The Hall–Kier alpha value is -2.29. The van der Waals surface area contributed by atoms with E-state index in [-0.39, 0.29) is 17.7 Å². The average molecular weight is 363 g/mol. The Morgan fingerprint density at radius 3 is 2.92 bits per heavy atom. The van der Waals surface area contributed by atoms with Gasteiger partial charge in [0.1, 0.15) is 12.1 Å². The third-order valence-electron chi connectivity index (χ3n) is 4.01. The number of furan rings is 1. The molecule has 0 spiro atoms. The number of hydrogen-bond acceptors (Lipinski definition) is 6. The highest BCUT2D eigenvalue weighted by Gasteiger charge is 2.17. The molecule has 0 unspecified atom stereocenters. The van der Waals surface area contributed by atoms with Crippen molar-refractivity contribution in [2.45, 2.75) is 49.8 Å². The highest BCUT2D eigenvalue weighted by atomic mass is 32.2. The Kier molecular flexibility index (Phi) is 6.10. The zero-order valence-electron chi connectivity index (χ0n) is 13.8. The molecule has 1 aliphatic carbocycles. The van der Waals surface area contributed by atoms with E-state index < -0.39 is 6.03 Å². The van der Waals surface area contributed by atoms with Gasteiger partial charge in [-0.15, -0.1) is 10.2 Å². The largest absolute Gasteiger partial charge is 0.467 e. The number of nitrogens with one attached hydrogen (secondary N) is 2. The second kappa shape index (κ2) is 8.70. The Bertz CT molecular complexity index is 694. The fourth-order valence-corrected chi connectivity index (χ4v) is 3.51. The van der Waals surface area contributed by atoms with Crippen LogP contribution in [-0.2, 0) is 11.3 Å². The van der Waals surface area contributed by atoms with Gasteiger partial charge >= 0.3 is 6.03 Å². The predicted octanol–water partition coefficient (Wildman–Crippen LogP) is 2.17. The van der Waals surface area contributed by atoms with Crippen LogP contribution in [0, 0.1) is 0 Å². The van der Waals surface area contributed by atoms with Crippen molar-refractivity contribution in [3.63, 3.8) is 0 Å². The minimum atomic E-state index is -0.422. The summed E-state index contributed by atoms with van der Waals surface area (Å²) >= 11 is 1.23. The minimum Gasteiger partial charge on any atom is -0.467 e. The lowest BCUT2D eigenvalue weighted by Crippen LogP contribution is -2.45. The molecule has 0 radical (unpaired) electrons. The van der Waals surface area contributed by atoms with Gasteiger partial charge in [-0.25, -0.2) is 4.79 Å². The SMILES string of the molecule is O=C(CSc1nncn1Cc1ccco1)NC(=O)NC1CCCCC1. The van der Waals surface area contributed by atoms with Crippen LogP contribution >= 0.6 is 11.8 Å². The molecule has 1 aliphatic rings. The highest BCUT2D eigenvalue weighted by molar-refractivity contribution is 7.99. The topological polar surface area (TPSA) is 102 Å². The van der Waals surface area contributed by atoms with Crippen molar-refractivity contribution in [1.82, 2.24) is 25.4 Å². The molecule has 1 fully saturated rings. The number of carbonyl (C=O) groups is 2. The summed E-state index contributed by atoms with van der Waals surface area (Å²) in [6, 6.07) is 3.42. The molecule has 0 atom stereocenters. The van der Waals surface area contributed by atoms with Gasteiger partial charge in [0, 0.05) is 6.04 Å². The maximum atomic E-state index is 11.9. The zero-order chi connectivity index (χ0) is 17.5. The summed E-state index contributed by atoms with van der Waals surface area (Å²) in [6.07, 6.45) is 8.61. The molecular formula is C16H21N5O3S. The summed E-state index contributed by atoms with van der Waals surface area (Å²) in [4.78, 5) is 23.8. The van der Waals surface area contributed by atoms with E-state index in [0.717, 1.165) is 31.4 Å².